The first kappa shape index (κ1) is 16.7. The van der Waals surface area contributed by atoms with Crippen LogP contribution in [0, 0.1) is 11.8 Å². The molecule has 0 radical (unpaired) electrons. The number of aryl methyl sites for hydroxylation is 1. The second kappa shape index (κ2) is 5.90. The van der Waals surface area contributed by atoms with Gasteiger partial charge in [-0.2, -0.15) is 0 Å². The minimum atomic E-state index is -0.317. The number of benzene rings is 3. The molecule has 3 heteroatoms. The predicted molar refractivity (Wildman–Crippen MR) is 112 cm³/mol. The van der Waals surface area contributed by atoms with E-state index in [0.717, 1.165) is 17.7 Å². The molecule has 2 amide bonds. The molecule has 29 heavy (non-hydrogen) atoms. The second-order valence-corrected chi connectivity index (χ2v) is 8.26. The van der Waals surface area contributed by atoms with E-state index >= 15 is 0 Å². The lowest BCUT2D eigenvalue weighted by Crippen LogP contribution is -2.41. The van der Waals surface area contributed by atoms with Crippen molar-refractivity contribution >= 4 is 17.5 Å². The SMILES string of the molecule is CCc1ccccc1N1C(=O)C2C3c4ccccc4C(c4ccccc43)C2C1=O. The molecule has 0 N–H and O–H groups in total. The topological polar surface area (TPSA) is 37.4 Å². The van der Waals surface area contributed by atoms with Gasteiger partial charge < -0.3 is 0 Å². The predicted octanol–water partition coefficient (Wildman–Crippen LogP) is 4.65. The van der Waals surface area contributed by atoms with Crippen molar-refractivity contribution < 1.29 is 9.59 Å². The summed E-state index contributed by atoms with van der Waals surface area (Å²) in [6.07, 6.45) is 0.788. The zero-order chi connectivity index (χ0) is 19.7. The van der Waals surface area contributed by atoms with Crippen LogP contribution in [-0.2, 0) is 16.0 Å². The molecule has 142 valence electrons. The van der Waals surface area contributed by atoms with Crippen LogP contribution in [0.3, 0.4) is 0 Å². The first-order valence-corrected chi connectivity index (χ1v) is 10.4. The number of anilines is 1. The Bertz CT molecular complexity index is 1070. The van der Waals surface area contributed by atoms with Gasteiger partial charge in [-0.15, -0.1) is 0 Å². The fourth-order valence-electron chi connectivity index (χ4n) is 5.94. The molecular formula is C26H21NO2. The summed E-state index contributed by atoms with van der Waals surface area (Å²) in [4.78, 5) is 29.0. The molecule has 2 bridgehead atoms. The van der Waals surface area contributed by atoms with Gasteiger partial charge in [-0.3, -0.25) is 9.59 Å². The number of carbonyl (C=O) groups is 2. The third-order valence-corrected chi connectivity index (χ3v) is 7.06. The summed E-state index contributed by atoms with van der Waals surface area (Å²) in [5.74, 6) is -0.815. The largest absolute Gasteiger partial charge is 0.274 e. The van der Waals surface area contributed by atoms with E-state index in [2.05, 4.69) is 31.2 Å². The summed E-state index contributed by atoms with van der Waals surface area (Å²) in [5, 5.41) is 0. The van der Waals surface area contributed by atoms with Gasteiger partial charge in [0.15, 0.2) is 0 Å². The van der Waals surface area contributed by atoms with Crippen molar-refractivity contribution in [1.82, 2.24) is 0 Å². The van der Waals surface area contributed by atoms with Gasteiger partial charge in [0.1, 0.15) is 0 Å². The van der Waals surface area contributed by atoms with Crippen LogP contribution in [0.1, 0.15) is 46.6 Å². The highest BCUT2D eigenvalue weighted by molar-refractivity contribution is 6.23. The van der Waals surface area contributed by atoms with Crippen molar-refractivity contribution in [2.45, 2.75) is 25.2 Å². The van der Waals surface area contributed by atoms with E-state index in [0.29, 0.717) is 0 Å². The Balaban J connectivity index is 1.58. The average Bonchev–Trinajstić information content (AvgIpc) is 3.04. The van der Waals surface area contributed by atoms with Crippen LogP contribution < -0.4 is 4.90 Å². The van der Waals surface area contributed by atoms with E-state index in [9.17, 15) is 9.59 Å². The van der Waals surface area contributed by atoms with Crippen molar-refractivity contribution in [3.8, 4) is 0 Å². The lowest BCUT2D eigenvalue weighted by Gasteiger charge is -2.45. The van der Waals surface area contributed by atoms with E-state index in [1.807, 2.05) is 48.5 Å². The molecule has 0 spiro atoms. The third-order valence-electron chi connectivity index (χ3n) is 7.06. The number of hydrogen-bond donors (Lipinski definition) is 0. The van der Waals surface area contributed by atoms with Crippen LogP contribution in [0.4, 0.5) is 5.69 Å². The highest BCUT2D eigenvalue weighted by Crippen LogP contribution is 2.61. The normalized spacial score (nSPS) is 26.3. The minimum absolute atomic E-state index is 0.0418. The van der Waals surface area contributed by atoms with Crippen LogP contribution in [-0.4, -0.2) is 11.8 Å². The van der Waals surface area contributed by atoms with Crippen LogP contribution in [0.15, 0.2) is 72.8 Å². The van der Waals surface area contributed by atoms with Gasteiger partial charge in [0.05, 0.1) is 17.5 Å². The minimum Gasteiger partial charge on any atom is -0.274 e. The van der Waals surface area contributed by atoms with Gasteiger partial charge in [-0.1, -0.05) is 73.7 Å². The molecule has 1 heterocycles. The number of rotatable bonds is 2. The molecule has 7 rings (SSSR count). The van der Waals surface area contributed by atoms with Crippen molar-refractivity contribution in [3.63, 3.8) is 0 Å². The maximum absolute atomic E-state index is 13.7. The summed E-state index contributed by atoms with van der Waals surface area (Å²) >= 11 is 0. The van der Waals surface area contributed by atoms with Crippen LogP contribution in [0.25, 0.3) is 0 Å². The Morgan fingerprint density at radius 1 is 0.655 bits per heavy atom. The lowest BCUT2D eigenvalue weighted by molar-refractivity contribution is -0.122. The Kier molecular flexibility index (Phi) is 3.40. The molecule has 0 aromatic heterocycles. The number of nitrogens with zero attached hydrogens (tertiary/aromatic N) is 1. The average molecular weight is 379 g/mol. The van der Waals surface area contributed by atoms with Gasteiger partial charge in [0, 0.05) is 11.8 Å². The quantitative estimate of drug-likeness (QED) is 0.608. The van der Waals surface area contributed by atoms with Crippen molar-refractivity contribution in [1.29, 1.82) is 0 Å². The molecule has 1 saturated heterocycles. The van der Waals surface area contributed by atoms with Gasteiger partial charge in [-0.25, -0.2) is 4.90 Å². The van der Waals surface area contributed by atoms with Crippen molar-refractivity contribution in [2.75, 3.05) is 4.90 Å². The van der Waals surface area contributed by atoms with E-state index in [1.54, 1.807) is 0 Å². The number of amides is 2. The van der Waals surface area contributed by atoms with Crippen LogP contribution >= 0.6 is 0 Å². The molecule has 1 aliphatic heterocycles. The van der Waals surface area contributed by atoms with E-state index in [-0.39, 0.29) is 35.5 Å². The molecule has 3 aromatic rings. The zero-order valence-electron chi connectivity index (χ0n) is 16.2. The zero-order valence-corrected chi connectivity index (χ0v) is 16.2. The Labute approximate surface area is 170 Å². The fraction of sp³-hybridized carbons (Fsp3) is 0.231. The molecule has 2 atom stereocenters. The number of imide groups is 1. The Morgan fingerprint density at radius 3 is 1.52 bits per heavy atom. The number of hydrogen-bond acceptors (Lipinski definition) is 2. The highest BCUT2D eigenvalue weighted by atomic mass is 16.2. The molecule has 4 aliphatic rings. The van der Waals surface area contributed by atoms with Crippen LogP contribution in [0.2, 0.25) is 0 Å². The van der Waals surface area contributed by atoms with Crippen molar-refractivity contribution in [3.05, 3.63) is 101 Å². The van der Waals surface area contributed by atoms with E-state index < -0.39 is 0 Å². The lowest BCUT2D eigenvalue weighted by atomic mass is 9.55. The third kappa shape index (κ3) is 2.02. The van der Waals surface area contributed by atoms with Gasteiger partial charge in [0.2, 0.25) is 11.8 Å². The summed E-state index contributed by atoms with van der Waals surface area (Å²) in [5.41, 5.74) is 6.64. The first-order valence-electron chi connectivity index (χ1n) is 10.4. The Morgan fingerprint density at radius 2 is 1.07 bits per heavy atom. The van der Waals surface area contributed by atoms with Gasteiger partial charge >= 0.3 is 0 Å². The standard InChI is InChI=1S/C26H21NO2/c1-2-15-9-3-8-14-20(15)27-25(28)23-21-16-10-4-5-11-17(16)22(24(23)26(27)29)19-13-7-6-12-18(19)21/h3-14,21-24H,2H2,1H3. The van der Waals surface area contributed by atoms with Crippen LogP contribution in [0.5, 0.6) is 0 Å². The highest BCUT2D eigenvalue weighted by Gasteiger charge is 2.61. The maximum atomic E-state index is 13.7. The summed E-state index contributed by atoms with van der Waals surface area (Å²) < 4.78 is 0. The molecule has 3 aromatic carbocycles. The number of para-hydroxylation sites is 1. The monoisotopic (exact) mass is 379 g/mol. The van der Waals surface area contributed by atoms with Crippen molar-refractivity contribution in [2.24, 2.45) is 11.8 Å². The second-order valence-electron chi connectivity index (χ2n) is 8.26. The molecule has 2 unspecified atom stereocenters. The summed E-state index contributed by atoms with van der Waals surface area (Å²) in [7, 11) is 0. The molecule has 3 nitrogen and oxygen atoms in total. The number of carbonyl (C=O) groups excluding carboxylic acids is 2. The Hall–Kier alpha value is -3.20. The first-order chi connectivity index (χ1) is 14.2. The van der Waals surface area contributed by atoms with Gasteiger partial charge in [-0.05, 0) is 40.3 Å². The smallest absolute Gasteiger partial charge is 0.238 e. The summed E-state index contributed by atoms with van der Waals surface area (Å²) in [6.45, 7) is 2.06. The fourth-order valence-corrected chi connectivity index (χ4v) is 5.94. The molecular weight excluding hydrogens is 358 g/mol. The van der Waals surface area contributed by atoms with Gasteiger partial charge in [0.25, 0.3) is 0 Å². The molecule has 1 fully saturated rings. The van der Waals surface area contributed by atoms with E-state index in [4.69, 9.17) is 0 Å². The molecule has 3 aliphatic carbocycles. The summed E-state index contributed by atoms with van der Waals surface area (Å²) in [6, 6.07) is 24.5. The molecule has 0 saturated carbocycles. The van der Waals surface area contributed by atoms with E-state index in [1.165, 1.54) is 27.2 Å². The maximum Gasteiger partial charge on any atom is 0.238 e.